The highest BCUT2D eigenvalue weighted by atomic mass is 32.1. The van der Waals surface area contributed by atoms with Crippen molar-refractivity contribution in [3.8, 4) is 0 Å². The largest absolute Gasteiger partial charge is 0.490 e. The molecule has 148 valence electrons. The summed E-state index contributed by atoms with van der Waals surface area (Å²) in [4.78, 5) is 15.9. The van der Waals surface area contributed by atoms with E-state index in [1.54, 1.807) is 18.4 Å². The topological polar surface area (TPSA) is 71.9 Å². The van der Waals surface area contributed by atoms with E-state index in [1.807, 2.05) is 0 Å². The van der Waals surface area contributed by atoms with E-state index in [1.165, 1.54) is 5.69 Å². The normalized spacial score (nSPS) is 22.9. The number of thiazole rings is 1. The molecule has 6 nitrogen and oxygen atoms in total. The predicted molar refractivity (Wildman–Crippen MR) is 89.1 cm³/mol. The molecule has 0 radical (unpaired) electrons. The highest BCUT2D eigenvalue weighted by Crippen LogP contribution is 2.37. The highest BCUT2D eigenvalue weighted by molar-refractivity contribution is 7.09. The van der Waals surface area contributed by atoms with Crippen molar-refractivity contribution in [1.29, 1.82) is 0 Å². The number of alkyl halides is 3. The molecule has 0 amide bonds. The zero-order valence-electron chi connectivity index (χ0n) is 14.7. The summed E-state index contributed by atoms with van der Waals surface area (Å²) in [5.41, 5.74) is 1.30. The minimum Gasteiger partial charge on any atom is -0.475 e. The Kier molecular flexibility index (Phi) is 7.00. The van der Waals surface area contributed by atoms with E-state index in [0.29, 0.717) is 6.10 Å². The van der Waals surface area contributed by atoms with Gasteiger partial charge in [0.05, 0.1) is 29.0 Å². The van der Waals surface area contributed by atoms with Crippen LogP contribution in [0.25, 0.3) is 0 Å². The molecular formula is C16H23F3N2O4S. The number of carboxylic acid groups (broad SMARTS) is 1. The summed E-state index contributed by atoms with van der Waals surface area (Å²) >= 11 is 1.74. The number of likely N-dealkylation sites (tertiary alicyclic amines) is 1. The fraction of sp³-hybridized carbons (Fsp3) is 0.750. The van der Waals surface area contributed by atoms with Gasteiger partial charge < -0.3 is 14.6 Å². The second-order valence-corrected chi connectivity index (χ2v) is 7.55. The Morgan fingerprint density at radius 3 is 2.54 bits per heavy atom. The van der Waals surface area contributed by atoms with Gasteiger partial charge in [0.25, 0.3) is 0 Å². The minimum absolute atomic E-state index is 0.0924. The molecule has 2 aliphatic rings. The molecule has 1 aromatic heterocycles. The van der Waals surface area contributed by atoms with E-state index < -0.39 is 12.1 Å². The number of ether oxygens (including phenoxy) is 2. The summed E-state index contributed by atoms with van der Waals surface area (Å²) in [6.45, 7) is 6.02. The number of nitrogens with zero attached hydrogens (tertiary/aromatic N) is 2. The van der Waals surface area contributed by atoms with Gasteiger partial charge in [0.15, 0.2) is 0 Å². The monoisotopic (exact) mass is 396 g/mol. The smallest absolute Gasteiger partial charge is 0.475 e. The number of aliphatic carboxylic acids is 1. The molecule has 1 aromatic rings. The molecule has 10 heteroatoms. The Balaban J connectivity index is 0.000000298. The Morgan fingerprint density at radius 2 is 2.12 bits per heavy atom. The molecule has 0 saturated carbocycles. The number of carboxylic acids is 1. The van der Waals surface area contributed by atoms with Crippen molar-refractivity contribution in [2.24, 2.45) is 0 Å². The van der Waals surface area contributed by atoms with Crippen LogP contribution in [-0.2, 0) is 20.8 Å². The maximum absolute atomic E-state index is 10.6. The zero-order valence-corrected chi connectivity index (χ0v) is 15.5. The van der Waals surface area contributed by atoms with Gasteiger partial charge >= 0.3 is 12.1 Å². The second kappa shape index (κ2) is 8.64. The van der Waals surface area contributed by atoms with Gasteiger partial charge in [-0.3, -0.25) is 4.90 Å². The molecule has 2 saturated heterocycles. The highest BCUT2D eigenvalue weighted by Gasteiger charge is 2.42. The lowest BCUT2D eigenvalue weighted by Crippen LogP contribution is -2.43. The van der Waals surface area contributed by atoms with E-state index >= 15 is 0 Å². The first-order valence-electron chi connectivity index (χ1n) is 8.24. The van der Waals surface area contributed by atoms with E-state index in [9.17, 15) is 13.2 Å². The molecule has 3 heterocycles. The number of halogens is 3. The summed E-state index contributed by atoms with van der Waals surface area (Å²) in [5.74, 6) is -2.76. The number of aryl methyl sites for hydroxylation is 1. The lowest BCUT2D eigenvalue weighted by molar-refractivity contribution is -0.192. The van der Waals surface area contributed by atoms with E-state index in [-0.39, 0.29) is 5.60 Å². The van der Waals surface area contributed by atoms with Gasteiger partial charge in [-0.15, -0.1) is 11.3 Å². The molecule has 26 heavy (non-hydrogen) atoms. The van der Waals surface area contributed by atoms with Crippen LogP contribution in [-0.4, -0.2) is 65.6 Å². The van der Waals surface area contributed by atoms with E-state index in [0.717, 1.165) is 50.5 Å². The van der Waals surface area contributed by atoms with Crippen molar-refractivity contribution in [2.75, 3.05) is 26.8 Å². The lowest BCUT2D eigenvalue weighted by Gasteiger charge is -2.38. The van der Waals surface area contributed by atoms with Crippen molar-refractivity contribution >= 4 is 17.3 Å². The second-order valence-electron chi connectivity index (χ2n) is 6.49. The number of methoxy groups -OCH3 is 1. The number of hydrogen-bond donors (Lipinski definition) is 1. The number of hydrogen-bond acceptors (Lipinski definition) is 6. The molecule has 3 rings (SSSR count). The van der Waals surface area contributed by atoms with Crippen LogP contribution < -0.4 is 0 Å². The van der Waals surface area contributed by atoms with Crippen LogP contribution in [0.1, 0.15) is 30.0 Å². The van der Waals surface area contributed by atoms with Gasteiger partial charge in [0.2, 0.25) is 0 Å². The van der Waals surface area contributed by atoms with Gasteiger partial charge in [-0.1, -0.05) is 0 Å². The van der Waals surface area contributed by atoms with Crippen molar-refractivity contribution in [2.45, 2.75) is 50.6 Å². The van der Waals surface area contributed by atoms with Gasteiger partial charge in [0, 0.05) is 38.5 Å². The molecule has 2 aliphatic heterocycles. The molecule has 1 unspecified atom stereocenters. The van der Waals surface area contributed by atoms with Crippen LogP contribution >= 0.6 is 11.3 Å². The average molecular weight is 396 g/mol. The van der Waals surface area contributed by atoms with Crippen molar-refractivity contribution in [3.05, 3.63) is 16.1 Å². The van der Waals surface area contributed by atoms with Gasteiger partial charge in [0.1, 0.15) is 0 Å². The zero-order chi connectivity index (χ0) is 19.4. The van der Waals surface area contributed by atoms with Gasteiger partial charge in [-0.25, -0.2) is 9.78 Å². The standard InChI is InChI=1S/C14H22N2O2S.C2HF3O2/c1-11-15-12(10-19-11)8-16-5-3-14(4-6-16)7-13(17-2)9-18-14;3-2(4,5)1(6)7/h10,13H,3-9H2,1-2H3;(H,6,7). The van der Waals surface area contributed by atoms with Crippen LogP contribution in [0.5, 0.6) is 0 Å². The van der Waals surface area contributed by atoms with Crippen LogP contribution in [0.2, 0.25) is 0 Å². The molecule has 0 aliphatic carbocycles. The third-order valence-corrected chi connectivity index (χ3v) is 5.39. The summed E-state index contributed by atoms with van der Waals surface area (Å²) in [7, 11) is 1.78. The first-order valence-corrected chi connectivity index (χ1v) is 9.12. The van der Waals surface area contributed by atoms with E-state index in [4.69, 9.17) is 19.4 Å². The number of carbonyl (C=O) groups is 1. The predicted octanol–water partition coefficient (Wildman–Crippen LogP) is 2.85. The average Bonchev–Trinajstić information content (AvgIpc) is 3.16. The molecule has 2 fully saturated rings. The SMILES string of the molecule is COC1COC2(CCN(Cc3csc(C)n3)CC2)C1.O=C(O)C(F)(F)F. The maximum Gasteiger partial charge on any atom is 0.490 e. The van der Waals surface area contributed by atoms with Gasteiger partial charge in [-0.05, 0) is 19.8 Å². The number of rotatable bonds is 3. The van der Waals surface area contributed by atoms with Crippen molar-refractivity contribution in [3.63, 3.8) is 0 Å². The third-order valence-electron chi connectivity index (χ3n) is 4.57. The van der Waals surface area contributed by atoms with Crippen LogP contribution in [0.4, 0.5) is 13.2 Å². The van der Waals surface area contributed by atoms with Crippen LogP contribution in [0, 0.1) is 6.92 Å². The van der Waals surface area contributed by atoms with Crippen LogP contribution in [0.15, 0.2) is 5.38 Å². The van der Waals surface area contributed by atoms with E-state index in [2.05, 4.69) is 22.2 Å². The van der Waals surface area contributed by atoms with Crippen molar-refractivity contribution in [1.82, 2.24) is 9.88 Å². The Morgan fingerprint density at radius 1 is 1.50 bits per heavy atom. The van der Waals surface area contributed by atoms with Crippen LogP contribution in [0.3, 0.4) is 0 Å². The fourth-order valence-electron chi connectivity index (χ4n) is 3.13. The third kappa shape index (κ3) is 5.90. The molecule has 1 atom stereocenters. The summed E-state index contributed by atoms with van der Waals surface area (Å²) in [6.07, 6.45) is -1.48. The summed E-state index contributed by atoms with van der Waals surface area (Å²) in [6, 6.07) is 0. The quantitative estimate of drug-likeness (QED) is 0.847. The molecule has 1 spiro atoms. The lowest BCUT2D eigenvalue weighted by atomic mass is 9.88. The first kappa shape index (κ1) is 21.1. The fourth-order valence-corrected chi connectivity index (χ4v) is 3.73. The molecular weight excluding hydrogens is 373 g/mol. The molecule has 1 N–H and O–H groups in total. The molecule has 0 bridgehead atoms. The Labute approximate surface area is 153 Å². The number of piperidine rings is 1. The number of aromatic nitrogens is 1. The maximum atomic E-state index is 10.6. The minimum atomic E-state index is -5.08. The molecule has 0 aromatic carbocycles. The Bertz CT molecular complexity index is 601. The Hall–Kier alpha value is -1.23. The summed E-state index contributed by atoms with van der Waals surface area (Å²) < 4.78 is 43.2. The first-order chi connectivity index (χ1) is 12.1. The van der Waals surface area contributed by atoms with Crippen molar-refractivity contribution < 1.29 is 32.5 Å². The summed E-state index contributed by atoms with van der Waals surface area (Å²) in [5, 5.41) is 10.5. The van der Waals surface area contributed by atoms with Gasteiger partial charge in [-0.2, -0.15) is 13.2 Å².